The van der Waals surface area contributed by atoms with Crippen LogP contribution in [0.15, 0.2) is 237 Å². The van der Waals surface area contributed by atoms with Crippen molar-refractivity contribution in [3.8, 4) is 77.9 Å². The van der Waals surface area contributed by atoms with Crippen molar-refractivity contribution >= 4 is 38.1 Å². The largest absolute Gasteiger partial charge is 0.308 e. The predicted molar refractivity (Wildman–Crippen MR) is 259 cm³/mol. The van der Waals surface area contributed by atoms with Gasteiger partial charge in [-0.05, 0) is 132 Å². The van der Waals surface area contributed by atoms with Crippen molar-refractivity contribution in [3.63, 3.8) is 0 Å². The summed E-state index contributed by atoms with van der Waals surface area (Å²) in [6.07, 6.45) is 0. The van der Waals surface area contributed by atoms with Crippen LogP contribution in [0.3, 0.4) is 0 Å². The van der Waals surface area contributed by atoms with Crippen LogP contribution in [-0.4, -0.2) is 4.40 Å². The molecule has 0 aliphatic carbocycles. The van der Waals surface area contributed by atoms with Gasteiger partial charge in [0.25, 0.3) is 0 Å². The summed E-state index contributed by atoms with van der Waals surface area (Å²) in [6, 6.07) is 86.6. The number of nitrogens with zero attached hydrogens (tertiary/aromatic N) is 1. The van der Waals surface area contributed by atoms with Crippen LogP contribution in [0.1, 0.15) is 0 Å². The normalized spacial score (nSPS) is 11.6. The Hall–Kier alpha value is -8.00. The average Bonchev–Trinajstić information content (AvgIpc) is 3.87. The molecule has 0 N–H and O–H groups in total. The Labute approximate surface area is 355 Å². The molecule has 0 bridgehead atoms. The van der Waals surface area contributed by atoms with Gasteiger partial charge in [0.15, 0.2) is 0 Å². The first-order valence-electron chi connectivity index (χ1n) is 21.1. The smallest absolute Gasteiger partial charge is 0.0620 e. The summed E-state index contributed by atoms with van der Waals surface area (Å²) in [5.74, 6) is 0. The van der Waals surface area contributed by atoms with Crippen molar-refractivity contribution in [2.45, 2.75) is 0 Å². The number of benzene rings is 10. The first-order chi connectivity index (χ1) is 30.2. The molecule has 284 valence electrons. The Morgan fingerprint density at radius 3 is 0.918 bits per heavy atom. The molecule has 12 aromatic rings. The summed E-state index contributed by atoms with van der Waals surface area (Å²) in [6.45, 7) is 0. The van der Waals surface area contributed by atoms with E-state index in [1.807, 2.05) is 0 Å². The van der Waals surface area contributed by atoms with Gasteiger partial charge in [-0.3, -0.25) is 0 Å². The van der Waals surface area contributed by atoms with Crippen LogP contribution < -0.4 is 0 Å². The fraction of sp³-hybridized carbons (Fsp3) is 0. The van der Waals surface area contributed by atoms with Crippen LogP contribution >= 0.6 is 0 Å². The van der Waals surface area contributed by atoms with Gasteiger partial charge in [0, 0.05) is 21.5 Å². The molecule has 61 heavy (non-hydrogen) atoms. The minimum Gasteiger partial charge on any atom is -0.308 e. The highest BCUT2D eigenvalue weighted by Gasteiger charge is 2.17. The molecule has 12 rings (SSSR count). The van der Waals surface area contributed by atoms with E-state index in [4.69, 9.17) is 0 Å². The molecule has 0 saturated carbocycles. The molecule has 1 nitrogen and oxygen atoms in total. The molecule has 0 atom stereocenters. The molecule has 10 aromatic carbocycles. The lowest BCUT2D eigenvalue weighted by molar-refractivity contribution is 1.37. The number of aromatic nitrogens is 1. The van der Waals surface area contributed by atoms with Crippen LogP contribution in [0.2, 0.25) is 0 Å². The summed E-state index contributed by atoms with van der Waals surface area (Å²) >= 11 is 0. The molecular formula is C60H39N. The van der Waals surface area contributed by atoms with E-state index in [1.54, 1.807) is 0 Å². The van der Waals surface area contributed by atoms with E-state index in [9.17, 15) is 0 Å². The molecule has 0 aliphatic heterocycles. The molecule has 2 heterocycles. The fourth-order valence-electron chi connectivity index (χ4n) is 9.51. The van der Waals surface area contributed by atoms with E-state index in [0.29, 0.717) is 0 Å². The van der Waals surface area contributed by atoms with Gasteiger partial charge < -0.3 is 4.40 Å². The van der Waals surface area contributed by atoms with Gasteiger partial charge in [0.05, 0.1) is 16.6 Å². The lowest BCUT2D eigenvalue weighted by atomic mass is 9.93. The number of hydrogen-bond donors (Lipinski definition) is 0. The third kappa shape index (κ3) is 6.10. The van der Waals surface area contributed by atoms with E-state index in [1.165, 1.54) is 116 Å². The first-order valence-corrected chi connectivity index (χ1v) is 21.1. The Kier molecular flexibility index (Phi) is 8.25. The molecule has 2 aromatic heterocycles. The maximum Gasteiger partial charge on any atom is 0.0620 e. The van der Waals surface area contributed by atoms with E-state index in [-0.39, 0.29) is 0 Å². The molecular weight excluding hydrogens is 735 g/mol. The summed E-state index contributed by atoms with van der Waals surface area (Å²) < 4.78 is 2.44. The molecule has 0 unspecified atom stereocenters. The minimum absolute atomic E-state index is 1.20. The maximum atomic E-state index is 2.44. The van der Waals surface area contributed by atoms with E-state index < -0.39 is 0 Å². The number of fused-ring (bicyclic) bond motifs is 6. The van der Waals surface area contributed by atoms with Crippen LogP contribution in [0.5, 0.6) is 0 Å². The molecule has 0 spiro atoms. The van der Waals surface area contributed by atoms with Crippen LogP contribution in [0, 0.1) is 0 Å². The van der Waals surface area contributed by atoms with Gasteiger partial charge in [-0.25, -0.2) is 0 Å². The molecule has 0 amide bonds. The van der Waals surface area contributed by atoms with Crippen molar-refractivity contribution < 1.29 is 0 Å². The summed E-state index contributed by atoms with van der Waals surface area (Å²) in [7, 11) is 0. The number of para-hydroxylation sites is 2. The second-order valence-electron chi connectivity index (χ2n) is 16.1. The lowest BCUT2D eigenvalue weighted by Gasteiger charge is -2.11. The predicted octanol–water partition coefficient (Wildman–Crippen LogP) is 16.5. The van der Waals surface area contributed by atoms with Gasteiger partial charge in [0.2, 0.25) is 0 Å². The second kappa shape index (κ2) is 14.4. The van der Waals surface area contributed by atoms with Crippen molar-refractivity contribution in [1.82, 2.24) is 4.40 Å². The maximum absolute atomic E-state index is 2.44. The Bertz CT molecular complexity index is 3590. The highest BCUT2D eigenvalue weighted by molar-refractivity contribution is 6.23. The van der Waals surface area contributed by atoms with Gasteiger partial charge >= 0.3 is 0 Å². The van der Waals surface area contributed by atoms with Gasteiger partial charge in [-0.2, -0.15) is 0 Å². The Morgan fingerprint density at radius 1 is 0.180 bits per heavy atom. The van der Waals surface area contributed by atoms with Crippen molar-refractivity contribution in [1.29, 1.82) is 0 Å². The lowest BCUT2D eigenvalue weighted by Crippen LogP contribution is -1.86. The molecule has 0 aliphatic rings. The summed E-state index contributed by atoms with van der Waals surface area (Å²) in [5.41, 5.74) is 20.8. The van der Waals surface area contributed by atoms with Gasteiger partial charge in [0.1, 0.15) is 0 Å². The number of hydrogen-bond acceptors (Lipinski definition) is 0. The zero-order valence-corrected chi connectivity index (χ0v) is 33.5. The monoisotopic (exact) mass is 773 g/mol. The first kappa shape index (κ1) is 35.0. The highest BCUT2D eigenvalue weighted by Crippen LogP contribution is 2.41. The second-order valence-corrected chi connectivity index (χ2v) is 16.1. The van der Waals surface area contributed by atoms with Gasteiger partial charge in [-0.1, -0.05) is 182 Å². The summed E-state index contributed by atoms with van der Waals surface area (Å²) in [5, 5.41) is 5.22. The quantitative estimate of drug-likeness (QED) is 0.152. The summed E-state index contributed by atoms with van der Waals surface area (Å²) in [4.78, 5) is 0. The van der Waals surface area contributed by atoms with Crippen LogP contribution in [0.25, 0.3) is 116 Å². The Morgan fingerprint density at radius 2 is 0.475 bits per heavy atom. The third-order valence-electron chi connectivity index (χ3n) is 12.5. The SMILES string of the molecule is c1ccc(-c2cccc(-c3cccc(-c4cccc(-c5cccc(-c6cccc(-c7cccc(-c8ccc9c(c8)c8cccc%10c%11ccccc%11n9c%108)c7)c6)c5)c4)c3)c2)cc1. The molecule has 0 radical (unpaired) electrons. The fourth-order valence-corrected chi connectivity index (χ4v) is 9.51. The topological polar surface area (TPSA) is 4.41 Å². The van der Waals surface area contributed by atoms with Crippen molar-refractivity contribution in [3.05, 3.63) is 237 Å². The Balaban J connectivity index is 0.840. The third-order valence-corrected chi connectivity index (χ3v) is 12.5. The molecule has 0 fully saturated rings. The van der Waals surface area contributed by atoms with E-state index >= 15 is 0 Å². The van der Waals surface area contributed by atoms with Crippen LogP contribution in [-0.2, 0) is 0 Å². The van der Waals surface area contributed by atoms with Crippen LogP contribution in [0.4, 0.5) is 0 Å². The van der Waals surface area contributed by atoms with Gasteiger partial charge in [-0.15, -0.1) is 0 Å². The average molecular weight is 774 g/mol. The standard InChI is InChI=1S/C60H39N/c1-2-13-40(14-3-1)41-15-6-16-42(33-41)43-17-7-18-44(34-43)45-19-8-20-46(35-45)47-21-9-22-48(36-47)49-23-10-24-50(37-49)51-25-11-26-52(38-51)53-31-32-59-57(39-53)56-29-12-28-55-54-27-4-5-30-58(54)61(59)60(55)56/h1-39H. The highest BCUT2D eigenvalue weighted by atomic mass is 14.9. The number of rotatable bonds is 7. The van der Waals surface area contributed by atoms with E-state index in [2.05, 4.69) is 241 Å². The van der Waals surface area contributed by atoms with Crippen molar-refractivity contribution in [2.24, 2.45) is 0 Å². The zero-order chi connectivity index (χ0) is 40.3. The zero-order valence-electron chi connectivity index (χ0n) is 33.5. The van der Waals surface area contributed by atoms with E-state index in [0.717, 1.165) is 0 Å². The minimum atomic E-state index is 1.20. The molecule has 1 heteroatoms. The molecule has 0 saturated heterocycles. The van der Waals surface area contributed by atoms with Crippen molar-refractivity contribution in [2.75, 3.05) is 0 Å².